The molecule has 0 radical (unpaired) electrons. The van der Waals surface area contributed by atoms with E-state index in [1.165, 1.54) is 50.0 Å². The second kappa shape index (κ2) is 4.53. The summed E-state index contributed by atoms with van der Waals surface area (Å²) < 4.78 is 0. The van der Waals surface area contributed by atoms with Crippen LogP contribution in [-0.4, -0.2) is 24.5 Å². The van der Waals surface area contributed by atoms with Crippen molar-refractivity contribution < 1.29 is 0 Å². The SMILES string of the molecule is Nc1ccc2c(c1)CCC(CN1CCCC1)=C2. The van der Waals surface area contributed by atoms with Crippen LogP contribution in [0.3, 0.4) is 0 Å². The molecule has 3 rings (SSSR count). The number of rotatable bonds is 2. The van der Waals surface area contributed by atoms with Gasteiger partial charge in [0.25, 0.3) is 0 Å². The molecule has 2 N–H and O–H groups in total. The van der Waals surface area contributed by atoms with Gasteiger partial charge in [-0.05, 0) is 62.0 Å². The maximum Gasteiger partial charge on any atom is 0.0317 e. The molecule has 0 atom stereocenters. The average Bonchev–Trinajstić information content (AvgIpc) is 2.82. The lowest BCUT2D eigenvalue weighted by Crippen LogP contribution is -2.22. The number of fused-ring (bicyclic) bond motifs is 1. The Bertz CT molecular complexity index is 442. The standard InChI is InChI=1S/C15H20N2/c16-15-6-5-13-9-12(3-4-14(13)10-15)11-17-7-1-2-8-17/h5-6,9-10H,1-4,7-8,11,16H2. The van der Waals surface area contributed by atoms with E-state index in [0.717, 1.165) is 12.1 Å². The number of hydrogen-bond donors (Lipinski definition) is 1. The molecule has 1 saturated heterocycles. The average molecular weight is 228 g/mol. The molecule has 2 nitrogen and oxygen atoms in total. The molecule has 1 aliphatic carbocycles. The lowest BCUT2D eigenvalue weighted by atomic mass is 9.91. The molecule has 0 saturated carbocycles. The molecule has 0 amide bonds. The van der Waals surface area contributed by atoms with E-state index in [0.29, 0.717) is 0 Å². The minimum atomic E-state index is 0.889. The highest BCUT2D eigenvalue weighted by molar-refractivity contribution is 5.63. The Balaban J connectivity index is 1.77. The van der Waals surface area contributed by atoms with Crippen molar-refractivity contribution in [2.75, 3.05) is 25.4 Å². The molecule has 1 aromatic rings. The van der Waals surface area contributed by atoms with E-state index in [9.17, 15) is 0 Å². The number of nitrogens with two attached hydrogens (primary N) is 1. The molecule has 1 aliphatic heterocycles. The van der Waals surface area contributed by atoms with Crippen LogP contribution in [0.25, 0.3) is 6.08 Å². The van der Waals surface area contributed by atoms with Crippen molar-refractivity contribution in [3.8, 4) is 0 Å². The van der Waals surface area contributed by atoms with E-state index in [2.05, 4.69) is 23.1 Å². The fourth-order valence-electron chi connectivity index (χ4n) is 2.92. The zero-order valence-corrected chi connectivity index (χ0v) is 10.3. The predicted octanol–water partition coefficient (Wildman–Crippen LogP) is 2.69. The lowest BCUT2D eigenvalue weighted by Gasteiger charge is -2.21. The summed E-state index contributed by atoms with van der Waals surface area (Å²) in [5.41, 5.74) is 11.1. The first-order valence-electron chi connectivity index (χ1n) is 6.61. The number of likely N-dealkylation sites (tertiary alicyclic amines) is 1. The van der Waals surface area contributed by atoms with Gasteiger partial charge in [-0.3, -0.25) is 4.90 Å². The van der Waals surface area contributed by atoms with Crippen LogP contribution < -0.4 is 5.73 Å². The normalized spacial score (nSPS) is 20.1. The van der Waals surface area contributed by atoms with Gasteiger partial charge in [0, 0.05) is 12.2 Å². The molecular weight excluding hydrogens is 208 g/mol. The Morgan fingerprint density at radius 3 is 2.76 bits per heavy atom. The third-order valence-electron chi connectivity index (χ3n) is 3.87. The van der Waals surface area contributed by atoms with Gasteiger partial charge >= 0.3 is 0 Å². The molecule has 2 heteroatoms. The monoisotopic (exact) mass is 228 g/mol. The van der Waals surface area contributed by atoms with Crippen LogP contribution in [0.5, 0.6) is 0 Å². The number of hydrogen-bond acceptors (Lipinski definition) is 2. The molecule has 1 aromatic carbocycles. The first-order valence-corrected chi connectivity index (χ1v) is 6.61. The molecule has 1 heterocycles. The molecule has 17 heavy (non-hydrogen) atoms. The smallest absolute Gasteiger partial charge is 0.0317 e. The molecular formula is C15H20N2. The van der Waals surface area contributed by atoms with Gasteiger partial charge in [0.1, 0.15) is 0 Å². The van der Waals surface area contributed by atoms with Crippen LogP contribution >= 0.6 is 0 Å². The van der Waals surface area contributed by atoms with Gasteiger partial charge in [0.2, 0.25) is 0 Å². The summed E-state index contributed by atoms with van der Waals surface area (Å²) in [6.07, 6.45) is 7.48. The Morgan fingerprint density at radius 2 is 1.94 bits per heavy atom. The molecule has 0 unspecified atom stereocenters. The molecule has 2 aliphatic rings. The Hall–Kier alpha value is -1.28. The van der Waals surface area contributed by atoms with Crippen LogP contribution in [-0.2, 0) is 6.42 Å². The van der Waals surface area contributed by atoms with Crippen molar-refractivity contribution in [3.05, 3.63) is 34.9 Å². The zero-order chi connectivity index (χ0) is 11.7. The van der Waals surface area contributed by atoms with E-state index in [1.807, 2.05) is 6.07 Å². The van der Waals surface area contributed by atoms with E-state index in [-0.39, 0.29) is 0 Å². The van der Waals surface area contributed by atoms with Crippen molar-refractivity contribution in [1.29, 1.82) is 0 Å². The second-order valence-electron chi connectivity index (χ2n) is 5.24. The summed E-state index contributed by atoms with van der Waals surface area (Å²) >= 11 is 0. The van der Waals surface area contributed by atoms with Crippen LogP contribution in [0.2, 0.25) is 0 Å². The van der Waals surface area contributed by atoms with Crippen molar-refractivity contribution in [3.63, 3.8) is 0 Å². The summed E-state index contributed by atoms with van der Waals surface area (Å²) in [6, 6.07) is 6.29. The maximum absolute atomic E-state index is 5.82. The van der Waals surface area contributed by atoms with E-state index >= 15 is 0 Å². The first kappa shape index (κ1) is 10.8. The van der Waals surface area contributed by atoms with Crippen LogP contribution in [0.15, 0.2) is 23.8 Å². The van der Waals surface area contributed by atoms with E-state index < -0.39 is 0 Å². The Kier molecular flexibility index (Phi) is 2.89. The number of nitrogens with zero attached hydrogens (tertiary/aromatic N) is 1. The number of nitrogen functional groups attached to an aromatic ring is 1. The van der Waals surface area contributed by atoms with Gasteiger partial charge in [0.05, 0.1) is 0 Å². The molecule has 0 bridgehead atoms. The maximum atomic E-state index is 5.82. The van der Waals surface area contributed by atoms with Crippen molar-refractivity contribution in [1.82, 2.24) is 4.90 Å². The third-order valence-corrected chi connectivity index (χ3v) is 3.87. The molecule has 90 valence electrons. The summed E-state index contributed by atoms with van der Waals surface area (Å²) in [5, 5.41) is 0. The van der Waals surface area contributed by atoms with E-state index in [4.69, 9.17) is 5.73 Å². The summed E-state index contributed by atoms with van der Waals surface area (Å²) in [5.74, 6) is 0. The van der Waals surface area contributed by atoms with Crippen molar-refractivity contribution >= 4 is 11.8 Å². The van der Waals surface area contributed by atoms with Crippen LogP contribution in [0.4, 0.5) is 5.69 Å². The summed E-state index contributed by atoms with van der Waals surface area (Å²) in [4.78, 5) is 2.58. The lowest BCUT2D eigenvalue weighted by molar-refractivity contribution is 0.365. The van der Waals surface area contributed by atoms with E-state index in [1.54, 1.807) is 5.57 Å². The minimum Gasteiger partial charge on any atom is -0.399 e. The van der Waals surface area contributed by atoms with Gasteiger partial charge in [-0.1, -0.05) is 17.7 Å². The second-order valence-corrected chi connectivity index (χ2v) is 5.24. The van der Waals surface area contributed by atoms with Crippen molar-refractivity contribution in [2.45, 2.75) is 25.7 Å². The predicted molar refractivity (Wildman–Crippen MR) is 72.8 cm³/mol. The van der Waals surface area contributed by atoms with Gasteiger partial charge in [0.15, 0.2) is 0 Å². The number of benzene rings is 1. The van der Waals surface area contributed by atoms with Gasteiger partial charge in [-0.2, -0.15) is 0 Å². The topological polar surface area (TPSA) is 29.3 Å². The number of aryl methyl sites for hydroxylation is 1. The first-order chi connectivity index (χ1) is 8.31. The highest BCUT2D eigenvalue weighted by atomic mass is 15.1. The Morgan fingerprint density at radius 1 is 1.12 bits per heavy atom. The van der Waals surface area contributed by atoms with Gasteiger partial charge in [-0.15, -0.1) is 0 Å². The zero-order valence-electron chi connectivity index (χ0n) is 10.3. The van der Waals surface area contributed by atoms with Gasteiger partial charge < -0.3 is 5.73 Å². The fraction of sp³-hybridized carbons (Fsp3) is 0.467. The van der Waals surface area contributed by atoms with Crippen molar-refractivity contribution in [2.24, 2.45) is 0 Å². The quantitative estimate of drug-likeness (QED) is 0.789. The van der Waals surface area contributed by atoms with Crippen LogP contribution in [0, 0.1) is 0 Å². The minimum absolute atomic E-state index is 0.889. The van der Waals surface area contributed by atoms with Gasteiger partial charge in [-0.25, -0.2) is 0 Å². The highest BCUT2D eigenvalue weighted by Crippen LogP contribution is 2.26. The Labute approximate surface area is 103 Å². The summed E-state index contributed by atoms with van der Waals surface area (Å²) in [6.45, 7) is 3.74. The molecule has 1 fully saturated rings. The number of anilines is 1. The fourth-order valence-corrected chi connectivity index (χ4v) is 2.92. The third kappa shape index (κ3) is 2.37. The highest BCUT2D eigenvalue weighted by Gasteiger charge is 2.16. The summed E-state index contributed by atoms with van der Waals surface area (Å²) in [7, 11) is 0. The molecule has 0 spiro atoms. The largest absolute Gasteiger partial charge is 0.399 e. The van der Waals surface area contributed by atoms with Crippen LogP contribution in [0.1, 0.15) is 30.4 Å². The molecule has 0 aromatic heterocycles.